The molecule has 9 nitrogen and oxygen atoms in total. The van der Waals surface area contributed by atoms with E-state index < -0.39 is 11.7 Å². The van der Waals surface area contributed by atoms with E-state index in [-0.39, 0.29) is 18.5 Å². The molecule has 1 fully saturated rings. The van der Waals surface area contributed by atoms with Crippen LogP contribution < -0.4 is 10.6 Å². The van der Waals surface area contributed by atoms with E-state index in [9.17, 15) is 9.59 Å². The Morgan fingerprint density at radius 2 is 2.15 bits per heavy atom. The van der Waals surface area contributed by atoms with Crippen molar-refractivity contribution in [1.29, 1.82) is 0 Å². The van der Waals surface area contributed by atoms with Crippen LogP contribution in [0.3, 0.4) is 0 Å². The van der Waals surface area contributed by atoms with Crippen LogP contribution in [0.5, 0.6) is 0 Å². The molecule has 1 aromatic rings. The van der Waals surface area contributed by atoms with Crippen molar-refractivity contribution in [3.63, 3.8) is 0 Å². The standard InChI is InChI=1S/C17H29N5O4/c1-5-14(23)19-12-7-6-8-22(10-12)11-13-20-15(26-21-13)9-18-16(24)25-17(2,3)4/h12H,5-11H2,1-4H3,(H,18,24)(H,19,23)/t12-/m0/s1. The number of nitrogens with zero attached hydrogens (tertiary/aromatic N) is 3. The third-order valence-electron chi connectivity index (χ3n) is 3.85. The van der Waals surface area contributed by atoms with Crippen LogP contribution in [-0.4, -0.2) is 51.8 Å². The molecular weight excluding hydrogens is 338 g/mol. The average Bonchev–Trinajstić information content (AvgIpc) is 2.99. The normalized spacial score (nSPS) is 18.4. The monoisotopic (exact) mass is 367 g/mol. The first kappa shape index (κ1) is 20.2. The number of hydrogen-bond acceptors (Lipinski definition) is 7. The number of likely N-dealkylation sites (tertiary alicyclic amines) is 1. The molecule has 9 heteroatoms. The Balaban J connectivity index is 1.78. The van der Waals surface area contributed by atoms with E-state index in [1.807, 2.05) is 6.92 Å². The predicted octanol–water partition coefficient (Wildman–Crippen LogP) is 1.58. The summed E-state index contributed by atoms with van der Waals surface area (Å²) >= 11 is 0. The molecule has 146 valence electrons. The fourth-order valence-electron chi connectivity index (χ4n) is 2.73. The summed E-state index contributed by atoms with van der Waals surface area (Å²) in [5, 5.41) is 9.58. The van der Waals surface area contributed by atoms with Gasteiger partial charge in [0, 0.05) is 19.0 Å². The lowest BCUT2D eigenvalue weighted by Crippen LogP contribution is -2.47. The first-order valence-electron chi connectivity index (χ1n) is 9.05. The number of piperidine rings is 1. The Hall–Kier alpha value is -2.16. The minimum Gasteiger partial charge on any atom is -0.444 e. The molecule has 2 amide bonds. The van der Waals surface area contributed by atoms with Gasteiger partial charge in [0.25, 0.3) is 0 Å². The second-order valence-corrected chi connectivity index (χ2v) is 7.46. The van der Waals surface area contributed by atoms with Crippen LogP contribution in [0.2, 0.25) is 0 Å². The Labute approximate surface area is 153 Å². The second-order valence-electron chi connectivity index (χ2n) is 7.46. The second kappa shape index (κ2) is 8.98. The summed E-state index contributed by atoms with van der Waals surface area (Å²) in [6.07, 6.45) is 1.97. The van der Waals surface area contributed by atoms with Gasteiger partial charge in [-0.15, -0.1) is 0 Å². The number of aromatic nitrogens is 2. The number of ether oxygens (including phenoxy) is 1. The maximum Gasteiger partial charge on any atom is 0.408 e. The first-order chi connectivity index (χ1) is 12.2. The molecule has 1 aliphatic heterocycles. The lowest BCUT2D eigenvalue weighted by Gasteiger charge is -2.32. The molecular formula is C17H29N5O4. The Kier molecular flexibility index (Phi) is 6.96. The van der Waals surface area contributed by atoms with Crippen molar-refractivity contribution in [2.45, 2.75) is 71.7 Å². The number of nitrogens with one attached hydrogen (secondary N) is 2. The van der Waals surface area contributed by atoms with Crippen molar-refractivity contribution in [3.8, 4) is 0 Å². The summed E-state index contributed by atoms with van der Waals surface area (Å²) in [4.78, 5) is 29.7. The Morgan fingerprint density at radius 3 is 2.85 bits per heavy atom. The third-order valence-corrected chi connectivity index (χ3v) is 3.85. The molecule has 1 saturated heterocycles. The van der Waals surface area contributed by atoms with Gasteiger partial charge in [-0.05, 0) is 40.2 Å². The summed E-state index contributed by atoms with van der Waals surface area (Å²) in [5.74, 6) is 0.971. The summed E-state index contributed by atoms with van der Waals surface area (Å²) < 4.78 is 10.3. The van der Waals surface area contributed by atoms with Crippen molar-refractivity contribution < 1.29 is 18.8 Å². The fraction of sp³-hybridized carbons (Fsp3) is 0.765. The Morgan fingerprint density at radius 1 is 1.38 bits per heavy atom. The van der Waals surface area contributed by atoms with E-state index in [0.717, 1.165) is 25.9 Å². The van der Waals surface area contributed by atoms with Gasteiger partial charge >= 0.3 is 6.09 Å². The molecule has 2 rings (SSSR count). The highest BCUT2D eigenvalue weighted by molar-refractivity contribution is 5.75. The maximum absolute atomic E-state index is 11.6. The highest BCUT2D eigenvalue weighted by atomic mass is 16.6. The molecule has 0 bridgehead atoms. The molecule has 0 aromatic carbocycles. The number of alkyl carbamates (subject to hydrolysis) is 1. The first-order valence-corrected chi connectivity index (χ1v) is 9.05. The van der Waals surface area contributed by atoms with Gasteiger partial charge in [0.1, 0.15) is 12.1 Å². The van der Waals surface area contributed by atoms with Crippen LogP contribution in [0.25, 0.3) is 0 Å². The van der Waals surface area contributed by atoms with Gasteiger partial charge < -0.3 is 19.9 Å². The smallest absolute Gasteiger partial charge is 0.408 e. The van der Waals surface area contributed by atoms with Gasteiger partial charge in [0.2, 0.25) is 11.8 Å². The van der Waals surface area contributed by atoms with E-state index in [2.05, 4.69) is 25.7 Å². The third kappa shape index (κ3) is 6.99. The van der Waals surface area contributed by atoms with Crippen LogP contribution in [-0.2, 0) is 22.6 Å². The van der Waals surface area contributed by atoms with Gasteiger partial charge in [0.15, 0.2) is 5.82 Å². The van der Waals surface area contributed by atoms with Gasteiger partial charge in [-0.3, -0.25) is 9.69 Å². The van der Waals surface area contributed by atoms with Crippen LogP contribution in [0.15, 0.2) is 4.52 Å². The number of amides is 2. The number of rotatable bonds is 6. The number of hydrogen-bond donors (Lipinski definition) is 2. The lowest BCUT2D eigenvalue weighted by molar-refractivity contribution is -0.121. The maximum atomic E-state index is 11.6. The van der Waals surface area contributed by atoms with Gasteiger partial charge in [-0.1, -0.05) is 12.1 Å². The van der Waals surface area contributed by atoms with E-state index in [1.165, 1.54) is 0 Å². The molecule has 0 spiro atoms. The average molecular weight is 367 g/mol. The molecule has 2 N–H and O–H groups in total. The van der Waals surface area contributed by atoms with Gasteiger partial charge in [-0.2, -0.15) is 4.98 Å². The predicted molar refractivity (Wildman–Crippen MR) is 94.1 cm³/mol. The van der Waals surface area contributed by atoms with Crippen molar-refractivity contribution in [2.75, 3.05) is 13.1 Å². The van der Waals surface area contributed by atoms with E-state index in [0.29, 0.717) is 24.7 Å². The molecule has 26 heavy (non-hydrogen) atoms. The summed E-state index contributed by atoms with van der Waals surface area (Å²) in [6.45, 7) is 9.61. The zero-order chi connectivity index (χ0) is 19.2. The zero-order valence-electron chi connectivity index (χ0n) is 16.0. The highest BCUT2D eigenvalue weighted by Crippen LogP contribution is 2.13. The minimum atomic E-state index is -0.553. The molecule has 0 saturated carbocycles. The fourth-order valence-corrected chi connectivity index (χ4v) is 2.73. The zero-order valence-corrected chi connectivity index (χ0v) is 16.0. The summed E-state index contributed by atoms with van der Waals surface area (Å²) in [7, 11) is 0. The van der Waals surface area contributed by atoms with Gasteiger partial charge in [-0.25, -0.2) is 4.79 Å². The van der Waals surface area contributed by atoms with Crippen molar-refractivity contribution in [1.82, 2.24) is 25.7 Å². The molecule has 1 atom stereocenters. The largest absolute Gasteiger partial charge is 0.444 e. The van der Waals surface area contributed by atoms with Crippen LogP contribution in [0.1, 0.15) is 58.7 Å². The van der Waals surface area contributed by atoms with Crippen molar-refractivity contribution in [2.24, 2.45) is 0 Å². The van der Waals surface area contributed by atoms with Gasteiger partial charge in [0.05, 0.1) is 6.54 Å². The molecule has 1 aromatic heterocycles. The van der Waals surface area contributed by atoms with E-state index in [4.69, 9.17) is 9.26 Å². The van der Waals surface area contributed by atoms with E-state index in [1.54, 1.807) is 20.8 Å². The molecule has 0 aliphatic carbocycles. The number of carbonyl (C=O) groups is 2. The topological polar surface area (TPSA) is 110 Å². The summed E-state index contributed by atoms with van der Waals surface area (Å²) in [5.41, 5.74) is -0.553. The lowest BCUT2D eigenvalue weighted by atomic mass is 10.1. The van der Waals surface area contributed by atoms with Crippen LogP contribution in [0.4, 0.5) is 4.79 Å². The molecule has 2 heterocycles. The quantitative estimate of drug-likeness (QED) is 0.785. The van der Waals surface area contributed by atoms with Crippen molar-refractivity contribution >= 4 is 12.0 Å². The minimum absolute atomic E-state index is 0.0758. The molecule has 0 unspecified atom stereocenters. The van der Waals surface area contributed by atoms with E-state index >= 15 is 0 Å². The number of carbonyl (C=O) groups excluding carboxylic acids is 2. The Bertz CT molecular complexity index is 611. The highest BCUT2D eigenvalue weighted by Gasteiger charge is 2.22. The van der Waals surface area contributed by atoms with Crippen LogP contribution in [0, 0.1) is 0 Å². The SMILES string of the molecule is CCC(=O)N[C@H]1CCCN(Cc2noc(CNC(=O)OC(C)(C)C)n2)C1. The van der Waals surface area contributed by atoms with Crippen LogP contribution >= 0.6 is 0 Å². The molecule has 0 radical (unpaired) electrons. The van der Waals surface area contributed by atoms with Crippen molar-refractivity contribution in [3.05, 3.63) is 11.7 Å². The molecule has 1 aliphatic rings. The summed E-state index contributed by atoms with van der Waals surface area (Å²) in [6, 6.07) is 0.163.